The number of benzene rings is 1. The lowest BCUT2D eigenvalue weighted by molar-refractivity contribution is -0.139. The molecule has 158 valence electrons. The molecule has 1 N–H and O–H groups in total. The maximum atomic E-state index is 13.6. The van der Waals surface area contributed by atoms with Crippen LogP contribution in [-0.4, -0.2) is 52.4 Å². The third kappa shape index (κ3) is 6.23. The fourth-order valence-corrected chi connectivity index (χ4v) is 3.61. The smallest absolute Gasteiger partial charge is 0.237 e. The van der Waals surface area contributed by atoms with Gasteiger partial charge in [0.15, 0.2) is 0 Å². The van der Waals surface area contributed by atoms with Crippen LogP contribution in [0.1, 0.15) is 37.9 Å². The van der Waals surface area contributed by atoms with Crippen LogP contribution < -0.4 is 5.32 Å². The second kappa shape index (κ2) is 10.1. The van der Waals surface area contributed by atoms with Crippen LogP contribution >= 0.6 is 12.4 Å². The maximum Gasteiger partial charge on any atom is 0.237 e. The zero-order chi connectivity index (χ0) is 20.1. The third-order valence-electron chi connectivity index (χ3n) is 5.10. The van der Waals surface area contributed by atoms with Crippen molar-refractivity contribution in [3.05, 3.63) is 65.7 Å². The molecule has 3 rings (SSSR count). The summed E-state index contributed by atoms with van der Waals surface area (Å²) in [7, 11) is 0. The molecular formula is C22H30ClFN4O. The molecule has 1 aromatic carbocycles. The number of hydrogen-bond donors (Lipinski definition) is 1. The maximum absolute atomic E-state index is 13.6. The number of amides is 1. The van der Waals surface area contributed by atoms with Crippen LogP contribution in [0.3, 0.4) is 0 Å². The van der Waals surface area contributed by atoms with Gasteiger partial charge in [0.1, 0.15) is 5.82 Å². The van der Waals surface area contributed by atoms with E-state index in [1.54, 1.807) is 12.3 Å². The number of rotatable bonds is 5. The first-order chi connectivity index (χ1) is 13.3. The average Bonchev–Trinajstić information content (AvgIpc) is 2.66. The van der Waals surface area contributed by atoms with Crippen molar-refractivity contribution in [1.29, 1.82) is 0 Å². The van der Waals surface area contributed by atoms with Gasteiger partial charge in [-0.05, 0) is 50.1 Å². The molecule has 0 spiro atoms. The molecule has 1 saturated heterocycles. The van der Waals surface area contributed by atoms with Crippen molar-refractivity contribution in [2.75, 3.05) is 26.2 Å². The second-order valence-electron chi connectivity index (χ2n) is 8.26. The van der Waals surface area contributed by atoms with E-state index in [1.165, 1.54) is 12.1 Å². The topological polar surface area (TPSA) is 48.5 Å². The molecule has 1 amide bonds. The first-order valence-corrected chi connectivity index (χ1v) is 9.74. The highest BCUT2D eigenvalue weighted by Gasteiger charge is 2.31. The van der Waals surface area contributed by atoms with Gasteiger partial charge < -0.3 is 10.2 Å². The summed E-state index contributed by atoms with van der Waals surface area (Å²) in [5, 5.41) is 3.41. The summed E-state index contributed by atoms with van der Waals surface area (Å²) in [6, 6.07) is 10.6. The average molecular weight is 421 g/mol. The van der Waals surface area contributed by atoms with E-state index in [2.05, 4.69) is 21.3 Å². The molecule has 1 unspecified atom stereocenters. The summed E-state index contributed by atoms with van der Waals surface area (Å²) in [5.41, 5.74) is 1.55. The SMILES string of the molecule is CC(C)(C)N(Cc1cccc(F)c1)C(=O)CN1CCNCC1c1cccnc1.Cl. The molecule has 1 aromatic heterocycles. The van der Waals surface area contributed by atoms with E-state index in [4.69, 9.17) is 0 Å². The molecule has 5 nitrogen and oxygen atoms in total. The molecule has 1 aliphatic rings. The number of carbonyl (C=O) groups excluding carboxylic acids is 1. The van der Waals surface area contributed by atoms with E-state index in [-0.39, 0.29) is 35.7 Å². The summed E-state index contributed by atoms with van der Waals surface area (Å²) >= 11 is 0. The van der Waals surface area contributed by atoms with Gasteiger partial charge >= 0.3 is 0 Å². The Morgan fingerprint density at radius 3 is 2.76 bits per heavy atom. The zero-order valence-electron chi connectivity index (χ0n) is 17.3. The van der Waals surface area contributed by atoms with Crippen LogP contribution in [0.5, 0.6) is 0 Å². The normalized spacial score (nSPS) is 17.4. The number of piperazine rings is 1. The molecular weight excluding hydrogens is 391 g/mol. The summed E-state index contributed by atoms with van der Waals surface area (Å²) in [6.07, 6.45) is 3.62. The first kappa shape index (κ1) is 23.3. The second-order valence-corrected chi connectivity index (χ2v) is 8.26. The Kier molecular flexibility index (Phi) is 8.14. The Morgan fingerprint density at radius 1 is 1.31 bits per heavy atom. The highest BCUT2D eigenvalue weighted by molar-refractivity contribution is 5.85. The van der Waals surface area contributed by atoms with Gasteiger partial charge in [0.05, 0.1) is 6.54 Å². The first-order valence-electron chi connectivity index (χ1n) is 9.74. The molecule has 29 heavy (non-hydrogen) atoms. The van der Waals surface area contributed by atoms with Crippen molar-refractivity contribution in [3.8, 4) is 0 Å². The number of pyridine rings is 1. The lowest BCUT2D eigenvalue weighted by Crippen LogP contribution is -2.53. The molecule has 7 heteroatoms. The van der Waals surface area contributed by atoms with Crippen molar-refractivity contribution < 1.29 is 9.18 Å². The number of nitrogens with one attached hydrogen (secondary N) is 1. The molecule has 0 aliphatic carbocycles. The number of halogens is 2. The van der Waals surface area contributed by atoms with Crippen LogP contribution in [0.4, 0.5) is 4.39 Å². The van der Waals surface area contributed by atoms with Crippen molar-refractivity contribution in [3.63, 3.8) is 0 Å². The fraction of sp³-hybridized carbons (Fsp3) is 0.455. The highest BCUT2D eigenvalue weighted by Crippen LogP contribution is 2.23. The Balaban J connectivity index is 0.00000300. The van der Waals surface area contributed by atoms with Gasteiger partial charge in [0.25, 0.3) is 0 Å². The molecule has 2 heterocycles. The lowest BCUT2D eigenvalue weighted by atomic mass is 10.0. The number of hydrogen-bond acceptors (Lipinski definition) is 4. The summed E-state index contributed by atoms with van der Waals surface area (Å²) < 4.78 is 13.6. The minimum Gasteiger partial charge on any atom is -0.332 e. The fourth-order valence-electron chi connectivity index (χ4n) is 3.61. The predicted octanol–water partition coefficient (Wildman–Crippen LogP) is 3.42. The monoisotopic (exact) mass is 420 g/mol. The van der Waals surface area contributed by atoms with Gasteiger partial charge in [-0.1, -0.05) is 18.2 Å². The molecule has 0 radical (unpaired) electrons. The molecule has 1 atom stereocenters. The van der Waals surface area contributed by atoms with Gasteiger partial charge in [-0.15, -0.1) is 12.4 Å². The van der Waals surface area contributed by atoms with Crippen LogP contribution in [0.2, 0.25) is 0 Å². The highest BCUT2D eigenvalue weighted by atomic mass is 35.5. The molecule has 1 fully saturated rings. The lowest BCUT2D eigenvalue weighted by Gasteiger charge is -2.40. The minimum atomic E-state index is -0.360. The summed E-state index contributed by atoms with van der Waals surface area (Å²) in [4.78, 5) is 21.6. The van der Waals surface area contributed by atoms with Crippen LogP contribution in [0.25, 0.3) is 0 Å². The molecule has 1 aliphatic heterocycles. The Morgan fingerprint density at radius 2 is 2.10 bits per heavy atom. The summed E-state index contributed by atoms with van der Waals surface area (Å²) in [6.45, 7) is 9.20. The van der Waals surface area contributed by atoms with Gasteiger partial charge in [0.2, 0.25) is 5.91 Å². The third-order valence-corrected chi connectivity index (χ3v) is 5.10. The Bertz CT molecular complexity index is 797. The van der Waals surface area contributed by atoms with Gasteiger partial charge in [-0.2, -0.15) is 0 Å². The van der Waals surface area contributed by atoms with E-state index >= 15 is 0 Å². The van der Waals surface area contributed by atoms with Crippen LogP contribution in [-0.2, 0) is 11.3 Å². The minimum absolute atomic E-state index is 0. The van der Waals surface area contributed by atoms with E-state index in [0.29, 0.717) is 13.1 Å². The number of nitrogens with zero attached hydrogens (tertiary/aromatic N) is 3. The van der Waals surface area contributed by atoms with Crippen molar-refractivity contribution >= 4 is 18.3 Å². The van der Waals surface area contributed by atoms with E-state index in [1.807, 2.05) is 44.0 Å². The van der Waals surface area contributed by atoms with Crippen molar-refractivity contribution in [2.45, 2.75) is 38.9 Å². The van der Waals surface area contributed by atoms with Crippen LogP contribution in [0, 0.1) is 5.82 Å². The van der Waals surface area contributed by atoms with Crippen LogP contribution in [0.15, 0.2) is 48.8 Å². The molecule has 0 saturated carbocycles. The van der Waals surface area contributed by atoms with E-state index in [9.17, 15) is 9.18 Å². The quantitative estimate of drug-likeness (QED) is 0.805. The van der Waals surface area contributed by atoms with Crippen molar-refractivity contribution in [2.24, 2.45) is 0 Å². The van der Waals surface area contributed by atoms with Crippen molar-refractivity contribution in [1.82, 2.24) is 20.1 Å². The summed E-state index contributed by atoms with van der Waals surface area (Å²) in [5.74, 6) is -0.231. The zero-order valence-corrected chi connectivity index (χ0v) is 18.1. The number of carbonyl (C=O) groups is 1. The number of aromatic nitrogens is 1. The Hall–Kier alpha value is -2.02. The van der Waals surface area contributed by atoms with E-state index in [0.717, 1.165) is 30.8 Å². The predicted molar refractivity (Wildman–Crippen MR) is 115 cm³/mol. The van der Waals surface area contributed by atoms with Gasteiger partial charge in [0, 0.05) is 50.2 Å². The van der Waals surface area contributed by atoms with E-state index < -0.39 is 0 Å². The molecule has 2 aromatic rings. The Labute approximate surface area is 178 Å². The largest absolute Gasteiger partial charge is 0.332 e. The standard InChI is InChI=1S/C22H29FN4O.ClH/c1-22(2,3)27(15-17-6-4-8-19(23)12-17)21(28)16-26-11-10-25-14-20(26)18-7-5-9-24-13-18;/h4-9,12-13,20,25H,10-11,14-16H2,1-3H3;1H. The van der Waals surface area contributed by atoms with Gasteiger partial charge in [-0.25, -0.2) is 4.39 Å². The molecule has 0 bridgehead atoms. The van der Waals surface area contributed by atoms with Gasteiger partial charge in [-0.3, -0.25) is 14.7 Å².